The molecule has 1 nitrogen and oxygen atoms in total. The summed E-state index contributed by atoms with van der Waals surface area (Å²) in [4.78, 5) is 12.4. The monoisotopic (exact) mass is 316 g/mol. The van der Waals surface area contributed by atoms with Crippen LogP contribution in [-0.2, 0) is 6.42 Å². The highest BCUT2D eigenvalue weighted by atomic mass is 79.9. The summed E-state index contributed by atoms with van der Waals surface area (Å²) in [5.74, 6) is -1.94. The summed E-state index contributed by atoms with van der Waals surface area (Å²) in [5.41, 5.74) is 0.471. The molecule has 0 saturated carbocycles. The fourth-order valence-corrected chi connectivity index (χ4v) is 2.71. The van der Waals surface area contributed by atoms with E-state index in [0.29, 0.717) is 10.4 Å². The number of carbonyl (C=O) groups excluding carboxylic acids is 1. The molecule has 0 aliphatic carbocycles. The Morgan fingerprint density at radius 2 is 1.94 bits per heavy atom. The van der Waals surface area contributed by atoms with E-state index in [2.05, 4.69) is 15.9 Å². The van der Waals surface area contributed by atoms with Crippen molar-refractivity contribution >= 4 is 33.0 Å². The van der Waals surface area contributed by atoms with E-state index in [1.54, 1.807) is 12.1 Å². The molecule has 1 heterocycles. The molecule has 2 rings (SSSR count). The Morgan fingerprint density at radius 1 is 1.18 bits per heavy atom. The zero-order chi connectivity index (χ0) is 12.4. The van der Waals surface area contributed by atoms with Gasteiger partial charge in [0.05, 0.1) is 8.66 Å². The molecule has 2 aromatic rings. The molecule has 0 bridgehead atoms. The molecule has 0 radical (unpaired) electrons. The van der Waals surface area contributed by atoms with Gasteiger partial charge in [-0.1, -0.05) is 6.07 Å². The van der Waals surface area contributed by atoms with Gasteiger partial charge in [0.1, 0.15) is 0 Å². The molecule has 88 valence electrons. The summed E-state index contributed by atoms with van der Waals surface area (Å²) in [6, 6.07) is 6.98. The van der Waals surface area contributed by atoms with E-state index in [4.69, 9.17) is 0 Å². The zero-order valence-electron chi connectivity index (χ0n) is 8.54. The van der Waals surface area contributed by atoms with Crippen LogP contribution in [0, 0.1) is 11.6 Å². The molecule has 0 saturated heterocycles. The Morgan fingerprint density at radius 3 is 2.53 bits per heavy atom. The third kappa shape index (κ3) is 2.98. The predicted octanol–water partition coefficient (Wildman–Crippen LogP) is 4.21. The van der Waals surface area contributed by atoms with E-state index in [1.165, 1.54) is 17.4 Å². The highest BCUT2D eigenvalue weighted by molar-refractivity contribution is 9.11. The van der Waals surface area contributed by atoms with Gasteiger partial charge in [0.15, 0.2) is 17.4 Å². The molecule has 0 aliphatic heterocycles. The van der Waals surface area contributed by atoms with Gasteiger partial charge in [0, 0.05) is 6.42 Å². The minimum Gasteiger partial charge on any atom is -0.293 e. The quantitative estimate of drug-likeness (QED) is 0.775. The molecule has 0 spiro atoms. The highest BCUT2D eigenvalue weighted by Crippen LogP contribution is 2.23. The van der Waals surface area contributed by atoms with E-state index in [0.717, 1.165) is 15.9 Å². The number of thiophene rings is 1. The summed E-state index contributed by atoms with van der Waals surface area (Å²) in [5, 5.41) is 0. The topological polar surface area (TPSA) is 17.1 Å². The number of carbonyl (C=O) groups is 1. The van der Waals surface area contributed by atoms with Gasteiger partial charge in [-0.25, -0.2) is 8.78 Å². The van der Waals surface area contributed by atoms with Crippen molar-refractivity contribution < 1.29 is 13.6 Å². The number of rotatable bonds is 3. The van der Waals surface area contributed by atoms with Crippen LogP contribution in [0.15, 0.2) is 34.1 Å². The largest absolute Gasteiger partial charge is 0.293 e. The van der Waals surface area contributed by atoms with Gasteiger partial charge >= 0.3 is 0 Å². The maximum absolute atomic E-state index is 12.9. The molecule has 0 N–H and O–H groups in total. The van der Waals surface area contributed by atoms with Crippen molar-refractivity contribution in [1.29, 1.82) is 0 Å². The van der Waals surface area contributed by atoms with Crippen LogP contribution in [0.25, 0.3) is 0 Å². The van der Waals surface area contributed by atoms with E-state index in [-0.39, 0.29) is 12.2 Å². The average molecular weight is 317 g/mol. The first-order valence-electron chi connectivity index (χ1n) is 4.79. The van der Waals surface area contributed by atoms with Crippen molar-refractivity contribution in [2.75, 3.05) is 0 Å². The van der Waals surface area contributed by atoms with Crippen LogP contribution in [0.4, 0.5) is 8.78 Å². The second-order valence-electron chi connectivity index (χ2n) is 3.45. The van der Waals surface area contributed by atoms with Crippen LogP contribution in [0.1, 0.15) is 15.2 Å². The fourth-order valence-electron chi connectivity index (χ4n) is 1.39. The van der Waals surface area contributed by atoms with Crippen LogP contribution in [0.2, 0.25) is 0 Å². The molecular formula is C12H7BrF2OS. The maximum atomic E-state index is 12.9. The summed E-state index contributed by atoms with van der Waals surface area (Å²) in [7, 11) is 0. The second kappa shape index (κ2) is 5.06. The molecule has 1 aromatic carbocycles. The van der Waals surface area contributed by atoms with Gasteiger partial charge in [-0.15, -0.1) is 11.3 Å². The summed E-state index contributed by atoms with van der Waals surface area (Å²) >= 11 is 4.59. The van der Waals surface area contributed by atoms with Gasteiger partial charge in [-0.3, -0.25) is 4.79 Å². The molecule has 0 atom stereocenters. The van der Waals surface area contributed by atoms with Crippen molar-refractivity contribution in [2.24, 2.45) is 0 Å². The lowest BCUT2D eigenvalue weighted by Crippen LogP contribution is -2.01. The third-order valence-electron chi connectivity index (χ3n) is 2.20. The first-order chi connectivity index (χ1) is 8.06. The average Bonchev–Trinajstić information content (AvgIpc) is 2.70. The Bertz CT molecular complexity index is 565. The minimum atomic E-state index is -0.928. The number of hydrogen-bond donors (Lipinski definition) is 0. The lowest BCUT2D eigenvalue weighted by atomic mass is 10.1. The molecule has 0 amide bonds. The molecule has 5 heteroatoms. The van der Waals surface area contributed by atoms with Gasteiger partial charge in [-0.05, 0) is 45.8 Å². The lowest BCUT2D eigenvalue weighted by Gasteiger charge is -2.00. The number of Topliss-reactive ketones (excluding diaryl/α,β-unsaturated/α-hetero) is 1. The van der Waals surface area contributed by atoms with Crippen molar-refractivity contribution in [3.63, 3.8) is 0 Å². The van der Waals surface area contributed by atoms with E-state index >= 15 is 0 Å². The van der Waals surface area contributed by atoms with Crippen LogP contribution in [0.5, 0.6) is 0 Å². The Hall–Kier alpha value is -1.07. The SMILES string of the molecule is O=C(Cc1ccc(F)c(F)c1)c1ccc(Br)s1. The molecule has 0 unspecified atom stereocenters. The van der Waals surface area contributed by atoms with Gasteiger partial charge < -0.3 is 0 Å². The second-order valence-corrected chi connectivity index (χ2v) is 5.92. The van der Waals surface area contributed by atoms with E-state index in [9.17, 15) is 13.6 Å². The summed E-state index contributed by atoms with van der Waals surface area (Å²) in [6.07, 6.45) is 0.0736. The van der Waals surface area contributed by atoms with Gasteiger partial charge in [-0.2, -0.15) is 0 Å². The van der Waals surface area contributed by atoms with Gasteiger partial charge in [0.25, 0.3) is 0 Å². The van der Waals surface area contributed by atoms with Crippen LogP contribution in [0.3, 0.4) is 0 Å². The molecular weight excluding hydrogens is 310 g/mol. The van der Waals surface area contributed by atoms with Crippen LogP contribution < -0.4 is 0 Å². The molecule has 0 fully saturated rings. The molecule has 0 aliphatic rings. The zero-order valence-corrected chi connectivity index (χ0v) is 10.9. The molecule has 17 heavy (non-hydrogen) atoms. The normalized spacial score (nSPS) is 10.5. The smallest absolute Gasteiger partial charge is 0.177 e. The summed E-state index contributed by atoms with van der Waals surface area (Å²) in [6.45, 7) is 0. The van der Waals surface area contributed by atoms with Gasteiger partial charge in [0.2, 0.25) is 0 Å². The minimum absolute atomic E-state index is 0.0736. The fraction of sp³-hybridized carbons (Fsp3) is 0.0833. The number of halogens is 3. The predicted molar refractivity (Wildman–Crippen MR) is 66.4 cm³/mol. The highest BCUT2D eigenvalue weighted by Gasteiger charge is 2.11. The Balaban J connectivity index is 2.15. The Kier molecular flexibility index (Phi) is 3.69. The number of hydrogen-bond acceptors (Lipinski definition) is 2. The van der Waals surface area contributed by atoms with Crippen molar-refractivity contribution in [2.45, 2.75) is 6.42 Å². The van der Waals surface area contributed by atoms with Crippen LogP contribution >= 0.6 is 27.3 Å². The standard InChI is InChI=1S/C12H7BrF2OS/c13-12-4-3-11(17-12)10(16)6-7-1-2-8(14)9(15)5-7/h1-5H,6H2. The van der Waals surface area contributed by atoms with Crippen molar-refractivity contribution in [3.8, 4) is 0 Å². The first-order valence-corrected chi connectivity index (χ1v) is 6.39. The Labute approximate surface area is 109 Å². The van der Waals surface area contributed by atoms with Crippen molar-refractivity contribution in [3.05, 3.63) is 56.2 Å². The maximum Gasteiger partial charge on any atom is 0.177 e. The third-order valence-corrected chi connectivity index (χ3v) is 3.86. The summed E-state index contributed by atoms with van der Waals surface area (Å²) < 4.78 is 26.5. The van der Waals surface area contributed by atoms with E-state index < -0.39 is 11.6 Å². The lowest BCUT2D eigenvalue weighted by molar-refractivity contribution is 0.0996. The number of ketones is 1. The first kappa shape index (κ1) is 12.4. The van der Waals surface area contributed by atoms with Crippen LogP contribution in [-0.4, -0.2) is 5.78 Å². The van der Waals surface area contributed by atoms with E-state index in [1.807, 2.05) is 0 Å². The van der Waals surface area contributed by atoms with Crippen molar-refractivity contribution in [1.82, 2.24) is 0 Å². The molecule has 1 aromatic heterocycles. The number of benzene rings is 1.